The van der Waals surface area contributed by atoms with Crippen molar-refractivity contribution in [1.29, 1.82) is 5.26 Å². The summed E-state index contributed by atoms with van der Waals surface area (Å²) in [5.74, 6) is -2.10. The molecule has 2 heterocycles. The minimum atomic E-state index is -0.773. The standard InChI is InChI=1S/C16H14F2N4O/c1-2-3-12-14-13(9-5-4-8(17)6-11(9)18)10(7-19)15(20)23-16(14)22-21-12/h4-6,13H,2-3,20H2,1H3,(H,21,22)/t13-/m0/s1. The summed E-state index contributed by atoms with van der Waals surface area (Å²) in [6, 6.07) is 5.23. The lowest BCUT2D eigenvalue weighted by Crippen LogP contribution is -2.22. The number of nitrogens with one attached hydrogen (secondary N) is 1. The van der Waals surface area contributed by atoms with Gasteiger partial charge in [0.1, 0.15) is 23.3 Å². The Morgan fingerprint density at radius 3 is 2.87 bits per heavy atom. The molecule has 1 aliphatic heterocycles. The molecule has 3 N–H and O–H groups in total. The molecule has 0 radical (unpaired) electrons. The van der Waals surface area contributed by atoms with E-state index in [1.807, 2.05) is 13.0 Å². The van der Waals surface area contributed by atoms with E-state index in [1.54, 1.807) is 0 Å². The number of hydrogen-bond acceptors (Lipinski definition) is 4. The molecule has 0 fully saturated rings. The van der Waals surface area contributed by atoms with E-state index >= 15 is 0 Å². The Hall–Kier alpha value is -2.88. The third kappa shape index (κ3) is 2.42. The third-order valence-corrected chi connectivity index (χ3v) is 3.79. The number of allylic oxidation sites excluding steroid dienone is 1. The Bertz CT molecular complexity index is 835. The molecule has 0 aliphatic carbocycles. The molecule has 0 saturated heterocycles. The molecule has 2 aromatic rings. The van der Waals surface area contributed by atoms with Crippen LogP contribution < -0.4 is 10.5 Å². The zero-order valence-corrected chi connectivity index (χ0v) is 12.4. The van der Waals surface area contributed by atoms with Crippen LogP contribution in [0.5, 0.6) is 5.88 Å². The van der Waals surface area contributed by atoms with Gasteiger partial charge in [-0.25, -0.2) is 8.78 Å². The molecular weight excluding hydrogens is 302 g/mol. The van der Waals surface area contributed by atoms with Crippen LogP contribution in [0.25, 0.3) is 0 Å². The summed E-state index contributed by atoms with van der Waals surface area (Å²) in [4.78, 5) is 0. The lowest BCUT2D eigenvalue weighted by Gasteiger charge is -2.24. The zero-order valence-electron chi connectivity index (χ0n) is 12.4. The lowest BCUT2D eigenvalue weighted by molar-refractivity contribution is 0.377. The summed E-state index contributed by atoms with van der Waals surface area (Å²) < 4.78 is 32.9. The number of aromatic nitrogens is 2. The summed E-state index contributed by atoms with van der Waals surface area (Å²) >= 11 is 0. The number of H-pyrrole nitrogens is 1. The van der Waals surface area contributed by atoms with Crippen LogP contribution in [0, 0.1) is 23.0 Å². The molecule has 0 spiro atoms. The number of ether oxygens (including phenoxy) is 1. The van der Waals surface area contributed by atoms with Crippen LogP contribution in [-0.4, -0.2) is 10.2 Å². The predicted octanol–water partition coefficient (Wildman–Crippen LogP) is 2.86. The zero-order chi connectivity index (χ0) is 16.6. The summed E-state index contributed by atoms with van der Waals surface area (Å²) in [7, 11) is 0. The van der Waals surface area contributed by atoms with E-state index in [-0.39, 0.29) is 22.9 Å². The average molecular weight is 316 g/mol. The van der Waals surface area contributed by atoms with Gasteiger partial charge in [-0.15, -0.1) is 5.10 Å². The van der Waals surface area contributed by atoms with Crippen LogP contribution >= 0.6 is 0 Å². The average Bonchev–Trinajstić information content (AvgIpc) is 2.89. The summed E-state index contributed by atoms with van der Waals surface area (Å²) in [5.41, 5.74) is 7.35. The predicted molar refractivity (Wildman–Crippen MR) is 78.2 cm³/mol. The van der Waals surface area contributed by atoms with Crippen molar-refractivity contribution in [3.05, 3.63) is 58.1 Å². The normalized spacial score (nSPS) is 16.7. The van der Waals surface area contributed by atoms with Crippen LogP contribution in [0.4, 0.5) is 8.78 Å². The SMILES string of the molecule is CCCc1[nH]nc2c1[C@@H](c1ccc(F)cc1F)C(C#N)=C(N)O2. The van der Waals surface area contributed by atoms with E-state index in [2.05, 4.69) is 10.2 Å². The lowest BCUT2D eigenvalue weighted by atomic mass is 9.83. The maximum Gasteiger partial charge on any atom is 0.244 e. The highest BCUT2D eigenvalue weighted by molar-refractivity contribution is 5.55. The first-order valence-corrected chi connectivity index (χ1v) is 7.16. The van der Waals surface area contributed by atoms with E-state index in [1.165, 1.54) is 6.07 Å². The summed E-state index contributed by atoms with van der Waals surface area (Å²) in [6.07, 6.45) is 1.48. The first-order valence-electron chi connectivity index (χ1n) is 7.16. The molecule has 0 saturated carbocycles. The van der Waals surface area contributed by atoms with Gasteiger partial charge in [0.15, 0.2) is 0 Å². The molecular formula is C16H14F2N4O. The van der Waals surface area contributed by atoms with Crippen molar-refractivity contribution in [3.63, 3.8) is 0 Å². The van der Waals surface area contributed by atoms with Crippen LogP contribution in [0.2, 0.25) is 0 Å². The number of hydrogen-bond donors (Lipinski definition) is 2. The fourth-order valence-electron chi connectivity index (χ4n) is 2.80. The summed E-state index contributed by atoms with van der Waals surface area (Å²) in [5, 5.41) is 16.3. The van der Waals surface area contributed by atoms with Crippen LogP contribution in [0.3, 0.4) is 0 Å². The van der Waals surface area contributed by atoms with Gasteiger partial charge < -0.3 is 10.5 Å². The Kier molecular flexibility index (Phi) is 3.74. The monoisotopic (exact) mass is 316 g/mol. The molecule has 0 bridgehead atoms. The number of nitriles is 1. The number of fused-ring (bicyclic) bond motifs is 1. The van der Waals surface area contributed by atoms with Gasteiger partial charge in [-0.3, -0.25) is 5.10 Å². The molecule has 7 heteroatoms. The minimum absolute atomic E-state index is 0.0850. The second kappa shape index (κ2) is 5.72. The van der Waals surface area contributed by atoms with Crippen molar-refractivity contribution in [2.24, 2.45) is 5.73 Å². The molecule has 118 valence electrons. The van der Waals surface area contributed by atoms with E-state index in [4.69, 9.17) is 10.5 Å². The molecule has 23 heavy (non-hydrogen) atoms. The molecule has 0 unspecified atom stereocenters. The Morgan fingerprint density at radius 1 is 1.43 bits per heavy atom. The van der Waals surface area contributed by atoms with Crippen molar-refractivity contribution in [1.82, 2.24) is 10.2 Å². The van der Waals surface area contributed by atoms with Crippen molar-refractivity contribution < 1.29 is 13.5 Å². The molecule has 5 nitrogen and oxygen atoms in total. The number of aryl methyl sites for hydroxylation is 1. The first-order chi connectivity index (χ1) is 11.1. The van der Waals surface area contributed by atoms with Gasteiger partial charge >= 0.3 is 0 Å². The van der Waals surface area contributed by atoms with Gasteiger partial charge in [0.05, 0.1) is 11.5 Å². The van der Waals surface area contributed by atoms with Gasteiger partial charge in [-0.2, -0.15) is 5.26 Å². The highest BCUT2D eigenvalue weighted by Crippen LogP contribution is 2.43. The molecule has 0 amide bonds. The number of rotatable bonds is 3. The maximum absolute atomic E-state index is 14.3. The fraction of sp³-hybridized carbons (Fsp3) is 0.250. The van der Waals surface area contributed by atoms with Crippen molar-refractivity contribution in [2.45, 2.75) is 25.7 Å². The quantitative estimate of drug-likeness (QED) is 0.911. The number of nitrogens with two attached hydrogens (primary N) is 1. The van der Waals surface area contributed by atoms with Gasteiger partial charge in [-0.05, 0) is 12.5 Å². The Labute approximate surface area is 131 Å². The van der Waals surface area contributed by atoms with Gasteiger partial charge in [0, 0.05) is 17.3 Å². The van der Waals surface area contributed by atoms with Crippen molar-refractivity contribution in [3.8, 4) is 11.9 Å². The van der Waals surface area contributed by atoms with Crippen LogP contribution in [0.15, 0.2) is 29.7 Å². The maximum atomic E-state index is 14.3. The van der Waals surface area contributed by atoms with Gasteiger partial charge in [-0.1, -0.05) is 19.4 Å². The number of aromatic amines is 1. The second-order valence-electron chi connectivity index (χ2n) is 5.26. The van der Waals surface area contributed by atoms with Gasteiger partial charge in [0.2, 0.25) is 11.8 Å². The van der Waals surface area contributed by atoms with Crippen LogP contribution in [0.1, 0.15) is 36.1 Å². The Balaban J connectivity index is 2.24. The third-order valence-electron chi connectivity index (χ3n) is 3.79. The van der Waals surface area contributed by atoms with Crippen molar-refractivity contribution in [2.75, 3.05) is 0 Å². The Morgan fingerprint density at radius 2 is 2.22 bits per heavy atom. The summed E-state index contributed by atoms with van der Waals surface area (Å²) in [6.45, 7) is 1.99. The number of benzene rings is 1. The topological polar surface area (TPSA) is 87.7 Å². The largest absolute Gasteiger partial charge is 0.420 e. The number of nitrogens with zero attached hydrogens (tertiary/aromatic N) is 2. The number of halogens is 2. The highest BCUT2D eigenvalue weighted by atomic mass is 19.1. The van der Waals surface area contributed by atoms with E-state index in [0.717, 1.165) is 24.2 Å². The first kappa shape index (κ1) is 15.0. The van der Waals surface area contributed by atoms with E-state index in [9.17, 15) is 14.0 Å². The van der Waals surface area contributed by atoms with Crippen LogP contribution in [-0.2, 0) is 6.42 Å². The molecule has 1 aromatic heterocycles. The fourth-order valence-corrected chi connectivity index (χ4v) is 2.80. The van der Waals surface area contributed by atoms with E-state index < -0.39 is 17.6 Å². The highest BCUT2D eigenvalue weighted by Gasteiger charge is 2.36. The minimum Gasteiger partial charge on any atom is -0.420 e. The second-order valence-corrected chi connectivity index (χ2v) is 5.26. The molecule has 3 rings (SSSR count). The molecule has 1 aromatic carbocycles. The smallest absolute Gasteiger partial charge is 0.244 e. The molecule has 1 aliphatic rings. The van der Waals surface area contributed by atoms with Gasteiger partial charge in [0.25, 0.3) is 0 Å². The van der Waals surface area contributed by atoms with Crippen molar-refractivity contribution >= 4 is 0 Å². The van der Waals surface area contributed by atoms with E-state index in [0.29, 0.717) is 12.0 Å². The molecule has 1 atom stereocenters.